The number of amides is 1. The van der Waals surface area contributed by atoms with Gasteiger partial charge in [0.15, 0.2) is 6.10 Å². The Kier molecular flexibility index (Phi) is 8.53. The molecule has 0 spiro atoms. The molecule has 5 N–H and O–H groups in total. The third-order valence-corrected chi connectivity index (χ3v) is 7.61. The van der Waals surface area contributed by atoms with Crippen LogP contribution in [0.5, 0.6) is 5.75 Å². The van der Waals surface area contributed by atoms with Crippen LogP contribution in [0, 0.1) is 17.6 Å². The Bertz CT molecular complexity index is 1400. The highest BCUT2D eigenvalue weighted by molar-refractivity contribution is 6.03. The molecule has 2 fully saturated rings. The number of nitrogens with zero attached hydrogens (tertiary/aromatic N) is 1. The third-order valence-electron chi connectivity index (χ3n) is 7.61. The molecule has 8 atom stereocenters. The second-order valence-electron chi connectivity index (χ2n) is 10.3. The largest absolute Gasteiger partial charge is 0.479 e. The van der Waals surface area contributed by atoms with E-state index >= 15 is 0 Å². The summed E-state index contributed by atoms with van der Waals surface area (Å²) in [6.07, 6.45) is -9.19. The molecule has 10 nitrogen and oxygen atoms in total. The SMILES string of the molecule is O=C(O)C1OC(Oc2ccc([C@@H]3[C@@H](CC[C@H](O)c4ccc(F)cc4)C(=O)N3c3ccc(F)cc3)cc2)C(O)C(O)C1O. The van der Waals surface area contributed by atoms with Gasteiger partial charge in [-0.1, -0.05) is 24.3 Å². The Labute approximate surface area is 239 Å². The number of carboxylic acid groups (broad SMARTS) is 1. The molecule has 2 heterocycles. The molecule has 0 aliphatic carbocycles. The van der Waals surface area contributed by atoms with Gasteiger partial charge in [-0.05, 0) is 72.5 Å². The van der Waals surface area contributed by atoms with Crippen molar-refractivity contribution in [3.63, 3.8) is 0 Å². The van der Waals surface area contributed by atoms with Crippen LogP contribution in [0.3, 0.4) is 0 Å². The van der Waals surface area contributed by atoms with Gasteiger partial charge in [-0.25, -0.2) is 13.6 Å². The Balaban J connectivity index is 1.34. The average molecular weight is 586 g/mol. The molecule has 2 aliphatic rings. The van der Waals surface area contributed by atoms with Gasteiger partial charge >= 0.3 is 5.97 Å². The zero-order valence-corrected chi connectivity index (χ0v) is 22.0. The quantitative estimate of drug-likeness (QED) is 0.238. The first-order chi connectivity index (χ1) is 20.0. The third kappa shape index (κ3) is 5.85. The number of aliphatic hydroxyl groups excluding tert-OH is 4. The molecular weight excluding hydrogens is 556 g/mol. The molecule has 0 aromatic heterocycles. The number of aliphatic carboxylic acids is 1. The van der Waals surface area contributed by atoms with E-state index in [1.54, 1.807) is 12.1 Å². The maximum atomic E-state index is 13.6. The number of benzene rings is 3. The average Bonchev–Trinajstić information content (AvgIpc) is 2.97. The molecule has 12 heteroatoms. The van der Waals surface area contributed by atoms with Gasteiger partial charge < -0.3 is 39.9 Å². The fraction of sp³-hybridized carbons (Fsp3) is 0.333. The van der Waals surface area contributed by atoms with Crippen LogP contribution in [0.2, 0.25) is 0 Å². The molecule has 0 saturated carbocycles. The minimum absolute atomic E-state index is 0.151. The summed E-state index contributed by atoms with van der Waals surface area (Å²) >= 11 is 0. The van der Waals surface area contributed by atoms with Gasteiger partial charge in [0.25, 0.3) is 0 Å². The summed E-state index contributed by atoms with van der Waals surface area (Å²) in [5, 5.41) is 50.0. The van der Waals surface area contributed by atoms with Gasteiger partial charge in [0.2, 0.25) is 12.2 Å². The van der Waals surface area contributed by atoms with Crippen LogP contribution in [0.4, 0.5) is 14.5 Å². The Morgan fingerprint density at radius 1 is 0.881 bits per heavy atom. The van der Waals surface area contributed by atoms with Crippen LogP contribution in [0.1, 0.15) is 36.1 Å². The molecule has 5 unspecified atom stereocenters. The van der Waals surface area contributed by atoms with E-state index in [2.05, 4.69) is 0 Å². The zero-order valence-electron chi connectivity index (χ0n) is 22.0. The molecule has 5 rings (SSSR count). The maximum absolute atomic E-state index is 13.6. The van der Waals surface area contributed by atoms with Crippen LogP contribution in [-0.2, 0) is 14.3 Å². The van der Waals surface area contributed by atoms with E-state index in [1.165, 1.54) is 65.6 Å². The van der Waals surface area contributed by atoms with E-state index < -0.39 is 66.4 Å². The van der Waals surface area contributed by atoms with Gasteiger partial charge in [0, 0.05) is 5.69 Å². The van der Waals surface area contributed by atoms with E-state index in [-0.39, 0.29) is 18.1 Å². The van der Waals surface area contributed by atoms with Crippen LogP contribution in [0.25, 0.3) is 0 Å². The van der Waals surface area contributed by atoms with Gasteiger partial charge in [-0.3, -0.25) is 4.79 Å². The van der Waals surface area contributed by atoms with Crippen molar-refractivity contribution < 1.29 is 53.4 Å². The molecule has 3 aromatic carbocycles. The minimum atomic E-state index is -1.85. The molecule has 0 bridgehead atoms. The van der Waals surface area contributed by atoms with Crippen molar-refractivity contribution in [3.05, 3.63) is 95.6 Å². The van der Waals surface area contributed by atoms with Gasteiger partial charge in [0.1, 0.15) is 35.7 Å². The normalized spacial score (nSPS) is 28.2. The van der Waals surface area contributed by atoms with Crippen molar-refractivity contribution in [1.82, 2.24) is 0 Å². The monoisotopic (exact) mass is 585 g/mol. The minimum Gasteiger partial charge on any atom is -0.479 e. The molecule has 42 heavy (non-hydrogen) atoms. The molecule has 222 valence electrons. The predicted octanol–water partition coefficient (Wildman–Crippen LogP) is 2.45. The number of carbonyl (C=O) groups excluding carboxylic acids is 1. The number of carbonyl (C=O) groups is 2. The molecule has 3 aromatic rings. The topological polar surface area (TPSA) is 157 Å². The summed E-state index contributed by atoms with van der Waals surface area (Å²) in [7, 11) is 0. The highest BCUT2D eigenvalue weighted by atomic mass is 19.1. The van der Waals surface area contributed by atoms with E-state index in [9.17, 15) is 43.9 Å². The number of rotatable bonds is 9. The second kappa shape index (κ2) is 12.1. The Morgan fingerprint density at radius 2 is 1.48 bits per heavy atom. The number of hydrogen-bond acceptors (Lipinski definition) is 8. The van der Waals surface area contributed by atoms with E-state index in [1.807, 2.05) is 0 Å². The standard InChI is InChI=1S/C30H29F2NO9/c31-17-5-1-15(2-6-17)22(34)14-13-21-23(33(28(21)38)19-9-7-18(32)8-10-19)16-3-11-20(12-4-16)41-30-26(37)24(35)25(36)27(42-30)29(39)40/h1-12,21-27,30,34-37H,13-14H2,(H,39,40)/t21-,22+,23-,24?,25?,26?,27?,30?/m1/s1. The fourth-order valence-electron chi connectivity index (χ4n) is 5.32. The first kappa shape index (κ1) is 29.5. The van der Waals surface area contributed by atoms with Crippen molar-refractivity contribution in [2.75, 3.05) is 4.90 Å². The number of anilines is 1. The first-order valence-corrected chi connectivity index (χ1v) is 13.3. The summed E-state index contributed by atoms with van der Waals surface area (Å²) in [6.45, 7) is 0. The lowest BCUT2D eigenvalue weighted by Gasteiger charge is -2.48. The van der Waals surface area contributed by atoms with Crippen molar-refractivity contribution in [1.29, 1.82) is 0 Å². The summed E-state index contributed by atoms with van der Waals surface area (Å²) in [5.41, 5.74) is 1.68. The van der Waals surface area contributed by atoms with E-state index in [4.69, 9.17) is 9.47 Å². The fourth-order valence-corrected chi connectivity index (χ4v) is 5.32. The molecule has 2 saturated heterocycles. The van der Waals surface area contributed by atoms with Crippen LogP contribution in [-0.4, -0.2) is 68.1 Å². The highest BCUT2D eigenvalue weighted by Crippen LogP contribution is 2.46. The zero-order chi connectivity index (χ0) is 30.1. The van der Waals surface area contributed by atoms with Gasteiger partial charge in [-0.15, -0.1) is 0 Å². The number of carboxylic acids is 1. The maximum Gasteiger partial charge on any atom is 0.335 e. The number of halogens is 2. The Morgan fingerprint density at radius 3 is 2.07 bits per heavy atom. The molecule has 2 aliphatic heterocycles. The van der Waals surface area contributed by atoms with Crippen LogP contribution in [0.15, 0.2) is 72.8 Å². The van der Waals surface area contributed by atoms with Crippen LogP contribution < -0.4 is 9.64 Å². The molecule has 1 amide bonds. The van der Waals surface area contributed by atoms with Gasteiger partial charge in [-0.2, -0.15) is 0 Å². The number of β-lactam (4-membered cyclic amide) rings is 1. The lowest BCUT2D eigenvalue weighted by atomic mass is 9.78. The smallest absolute Gasteiger partial charge is 0.335 e. The first-order valence-electron chi connectivity index (χ1n) is 13.3. The lowest BCUT2D eigenvalue weighted by Crippen LogP contribution is -2.61. The molecular formula is C30H29F2NO9. The Hall–Kier alpha value is -3.94. The predicted molar refractivity (Wildman–Crippen MR) is 142 cm³/mol. The highest BCUT2D eigenvalue weighted by Gasteiger charge is 2.49. The summed E-state index contributed by atoms with van der Waals surface area (Å²) < 4.78 is 37.6. The van der Waals surface area contributed by atoms with Crippen LogP contribution >= 0.6 is 0 Å². The van der Waals surface area contributed by atoms with Crippen molar-refractivity contribution >= 4 is 17.6 Å². The summed E-state index contributed by atoms with van der Waals surface area (Å²) in [6, 6.07) is 16.8. The van der Waals surface area contributed by atoms with Gasteiger partial charge in [0.05, 0.1) is 18.1 Å². The van der Waals surface area contributed by atoms with Crippen molar-refractivity contribution in [2.24, 2.45) is 5.92 Å². The molecule has 0 radical (unpaired) electrons. The second-order valence-corrected chi connectivity index (χ2v) is 10.3. The van der Waals surface area contributed by atoms with Crippen molar-refractivity contribution in [3.8, 4) is 5.75 Å². The van der Waals surface area contributed by atoms with Crippen molar-refractivity contribution in [2.45, 2.75) is 55.7 Å². The number of aliphatic hydroxyl groups is 4. The van der Waals surface area contributed by atoms with E-state index in [0.717, 1.165) is 0 Å². The number of ether oxygens (including phenoxy) is 2. The lowest BCUT2D eigenvalue weighted by molar-refractivity contribution is -0.271. The van der Waals surface area contributed by atoms with E-state index in [0.29, 0.717) is 23.2 Å². The number of hydrogen-bond donors (Lipinski definition) is 5. The summed E-state index contributed by atoms with van der Waals surface area (Å²) in [5.74, 6) is -3.03. The summed E-state index contributed by atoms with van der Waals surface area (Å²) in [4.78, 5) is 26.2.